The van der Waals surface area contributed by atoms with E-state index in [1.807, 2.05) is 13.0 Å². The van der Waals surface area contributed by atoms with Gasteiger partial charge in [-0.1, -0.05) is 54.4 Å². The van der Waals surface area contributed by atoms with Crippen LogP contribution < -0.4 is 4.74 Å². The Morgan fingerprint density at radius 2 is 1.62 bits per heavy atom. The second-order valence-electron chi connectivity index (χ2n) is 7.48. The SMILES string of the molecule is CCC(COc1cc(Cl)c(Cc2ccc(O)c(Cc3ccc(F)cc3)c2)c(Cl)c1)[P+](=O)O. The maximum atomic E-state index is 13.1. The third-order valence-corrected chi connectivity index (χ3v) is 6.99. The molecule has 32 heavy (non-hydrogen) atoms. The summed E-state index contributed by atoms with van der Waals surface area (Å²) >= 11 is 12.9. The molecule has 4 nitrogen and oxygen atoms in total. The van der Waals surface area contributed by atoms with Crippen LogP contribution in [0.1, 0.15) is 35.6 Å². The first-order valence-electron chi connectivity index (χ1n) is 10.1. The number of hydrogen-bond acceptors (Lipinski definition) is 3. The highest BCUT2D eigenvalue weighted by atomic mass is 35.5. The van der Waals surface area contributed by atoms with Crippen molar-refractivity contribution in [1.29, 1.82) is 0 Å². The summed E-state index contributed by atoms with van der Waals surface area (Å²) in [5, 5.41) is 11.1. The Morgan fingerprint density at radius 3 is 2.22 bits per heavy atom. The van der Waals surface area contributed by atoms with Crippen molar-refractivity contribution < 1.29 is 23.7 Å². The molecular formula is C24H23Cl2FO4P+. The molecule has 2 unspecified atom stereocenters. The third-order valence-electron chi connectivity index (χ3n) is 5.17. The van der Waals surface area contributed by atoms with Crippen LogP contribution >= 0.6 is 31.2 Å². The van der Waals surface area contributed by atoms with Crippen molar-refractivity contribution in [3.63, 3.8) is 0 Å². The lowest BCUT2D eigenvalue weighted by molar-refractivity contribution is 0.304. The zero-order valence-corrected chi connectivity index (χ0v) is 19.8. The second-order valence-corrected chi connectivity index (χ2v) is 9.63. The highest BCUT2D eigenvalue weighted by Gasteiger charge is 2.27. The fourth-order valence-corrected chi connectivity index (χ4v) is 4.39. The van der Waals surface area contributed by atoms with E-state index >= 15 is 0 Å². The van der Waals surface area contributed by atoms with Gasteiger partial charge in [0.05, 0.1) is 0 Å². The van der Waals surface area contributed by atoms with Gasteiger partial charge in [-0.25, -0.2) is 4.39 Å². The first-order valence-corrected chi connectivity index (χ1v) is 12.1. The Hall–Kier alpha value is -2.17. The average Bonchev–Trinajstić information content (AvgIpc) is 2.74. The fourth-order valence-electron chi connectivity index (χ4n) is 3.28. The quantitative estimate of drug-likeness (QED) is 0.316. The summed E-state index contributed by atoms with van der Waals surface area (Å²) in [7, 11) is -2.32. The highest BCUT2D eigenvalue weighted by Crippen LogP contribution is 2.34. The number of ether oxygens (including phenoxy) is 1. The smallest absolute Gasteiger partial charge is 0.508 e. The monoisotopic (exact) mass is 495 g/mol. The number of benzene rings is 3. The van der Waals surface area contributed by atoms with Crippen LogP contribution in [0.25, 0.3) is 0 Å². The molecule has 3 aromatic carbocycles. The Kier molecular flexibility index (Phi) is 8.50. The summed E-state index contributed by atoms with van der Waals surface area (Å²) in [6, 6.07) is 14.7. The topological polar surface area (TPSA) is 66.8 Å². The van der Waals surface area contributed by atoms with Crippen molar-refractivity contribution >= 4 is 31.2 Å². The van der Waals surface area contributed by atoms with Crippen molar-refractivity contribution in [2.75, 3.05) is 6.61 Å². The van der Waals surface area contributed by atoms with Gasteiger partial charge in [-0.2, -0.15) is 4.89 Å². The molecule has 0 saturated heterocycles. The second kappa shape index (κ2) is 11.1. The number of rotatable bonds is 9. The molecule has 168 valence electrons. The third kappa shape index (κ3) is 6.43. The summed E-state index contributed by atoms with van der Waals surface area (Å²) in [5.41, 5.74) is 2.75. The Balaban J connectivity index is 1.76. The maximum Gasteiger partial charge on any atom is 0.512 e. The van der Waals surface area contributed by atoms with Crippen LogP contribution in [0.4, 0.5) is 4.39 Å². The molecule has 0 heterocycles. The van der Waals surface area contributed by atoms with Gasteiger partial charge in [-0.15, -0.1) is 0 Å². The van der Waals surface area contributed by atoms with Gasteiger partial charge in [0, 0.05) is 22.9 Å². The van der Waals surface area contributed by atoms with Crippen LogP contribution in [0.15, 0.2) is 54.6 Å². The van der Waals surface area contributed by atoms with Gasteiger partial charge in [0.25, 0.3) is 0 Å². The summed E-state index contributed by atoms with van der Waals surface area (Å²) in [4.78, 5) is 9.30. The van der Waals surface area contributed by atoms with Crippen molar-refractivity contribution in [1.82, 2.24) is 0 Å². The summed E-state index contributed by atoms with van der Waals surface area (Å²) in [5.74, 6) is 0.285. The Morgan fingerprint density at radius 1 is 1.00 bits per heavy atom. The van der Waals surface area contributed by atoms with E-state index in [0.717, 1.165) is 11.1 Å². The van der Waals surface area contributed by atoms with Gasteiger partial charge in [-0.3, -0.25) is 0 Å². The van der Waals surface area contributed by atoms with E-state index in [1.165, 1.54) is 12.1 Å². The summed E-state index contributed by atoms with van der Waals surface area (Å²) < 4.78 is 30.1. The molecule has 0 aliphatic heterocycles. The van der Waals surface area contributed by atoms with E-state index in [1.54, 1.807) is 36.4 Å². The number of halogens is 3. The first-order chi connectivity index (χ1) is 15.3. The number of aromatic hydroxyl groups is 1. The number of phenolic OH excluding ortho intramolecular Hbond substituents is 1. The molecule has 3 rings (SSSR count). The van der Waals surface area contributed by atoms with E-state index in [-0.39, 0.29) is 18.2 Å². The van der Waals surface area contributed by atoms with Crippen molar-refractivity contribution in [2.45, 2.75) is 31.8 Å². The molecule has 3 aromatic rings. The van der Waals surface area contributed by atoms with Crippen LogP contribution in [0, 0.1) is 5.82 Å². The van der Waals surface area contributed by atoms with Gasteiger partial charge in [-0.05, 0) is 63.6 Å². The Labute approximate surface area is 197 Å². The largest absolute Gasteiger partial charge is 0.512 e. The molecule has 0 bridgehead atoms. The fraction of sp³-hybridized carbons (Fsp3) is 0.250. The molecule has 0 saturated carbocycles. The minimum atomic E-state index is -2.32. The highest BCUT2D eigenvalue weighted by molar-refractivity contribution is 7.38. The van der Waals surface area contributed by atoms with E-state index in [9.17, 15) is 19.0 Å². The first kappa shape index (κ1) is 24.5. The molecule has 8 heteroatoms. The number of phenols is 1. The summed E-state index contributed by atoms with van der Waals surface area (Å²) in [6.45, 7) is 1.92. The molecule has 2 N–H and O–H groups in total. The van der Waals surface area contributed by atoms with E-state index < -0.39 is 13.7 Å². The molecule has 0 aliphatic carbocycles. The van der Waals surface area contributed by atoms with Crippen LogP contribution in [0.5, 0.6) is 11.5 Å². The van der Waals surface area contributed by atoms with Crippen molar-refractivity contribution in [3.05, 3.63) is 92.7 Å². The van der Waals surface area contributed by atoms with E-state index in [0.29, 0.717) is 46.2 Å². The Bertz CT molecular complexity index is 1080. The van der Waals surface area contributed by atoms with Crippen LogP contribution in [-0.4, -0.2) is 22.3 Å². The zero-order chi connectivity index (χ0) is 23.3. The standard InChI is InChI=1S/C24H22Cl2FO4P/c1-2-20(32(29)30)14-31-19-12-22(25)21(23(26)13-19)11-16-5-8-24(28)17(10-16)9-15-3-6-18(27)7-4-15/h3-8,10,12-13,20H,2,9,11,14H2,1H3,(H-,28,29,30)/p+1. The van der Waals surface area contributed by atoms with Gasteiger partial charge < -0.3 is 9.84 Å². The van der Waals surface area contributed by atoms with E-state index in [2.05, 4.69) is 0 Å². The maximum absolute atomic E-state index is 13.1. The summed E-state index contributed by atoms with van der Waals surface area (Å²) in [6.07, 6.45) is 1.42. The molecule has 0 radical (unpaired) electrons. The van der Waals surface area contributed by atoms with Crippen molar-refractivity contribution in [2.24, 2.45) is 0 Å². The average molecular weight is 496 g/mol. The van der Waals surface area contributed by atoms with Crippen LogP contribution in [0.3, 0.4) is 0 Å². The molecule has 0 aliphatic rings. The predicted molar refractivity (Wildman–Crippen MR) is 126 cm³/mol. The van der Waals surface area contributed by atoms with Crippen LogP contribution in [-0.2, 0) is 17.4 Å². The molecule has 0 amide bonds. The van der Waals surface area contributed by atoms with Gasteiger partial charge in [0.2, 0.25) is 5.66 Å². The van der Waals surface area contributed by atoms with Gasteiger partial charge >= 0.3 is 8.03 Å². The van der Waals surface area contributed by atoms with Gasteiger partial charge in [0.1, 0.15) is 23.9 Å². The predicted octanol–water partition coefficient (Wildman–Crippen LogP) is 6.91. The normalized spacial score (nSPS) is 12.5. The molecule has 0 spiro atoms. The molecule has 0 aromatic heterocycles. The zero-order valence-electron chi connectivity index (χ0n) is 17.4. The lowest BCUT2D eigenvalue weighted by Crippen LogP contribution is -2.13. The van der Waals surface area contributed by atoms with Crippen LogP contribution in [0.2, 0.25) is 10.0 Å². The van der Waals surface area contributed by atoms with E-state index in [4.69, 9.17) is 27.9 Å². The molecule has 2 atom stereocenters. The van der Waals surface area contributed by atoms with Crippen molar-refractivity contribution in [3.8, 4) is 11.5 Å². The lowest BCUT2D eigenvalue weighted by atomic mass is 9.98. The molecular weight excluding hydrogens is 473 g/mol. The molecule has 0 fully saturated rings. The van der Waals surface area contributed by atoms with Gasteiger partial charge in [0.15, 0.2) is 0 Å². The minimum Gasteiger partial charge on any atom is -0.508 e. The minimum absolute atomic E-state index is 0.0961. The number of hydrogen-bond donors (Lipinski definition) is 2. The lowest BCUT2D eigenvalue weighted by Gasteiger charge is -2.13.